The van der Waals surface area contributed by atoms with Gasteiger partial charge in [-0.15, -0.1) is 0 Å². The smallest absolute Gasteiger partial charge is 0.314 e. The van der Waals surface area contributed by atoms with E-state index in [-0.39, 0.29) is 6.04 Å². The van der Waals surface area contributed by atoms with Crippen molar-refractivity contribution in [3.8, 4) is 0 Å². The van der Waals surface area contributed by atoms with Gasteiger partial charge in [-0.2, -0.15) is 13.2 Å². The van der Waals surface area contributed by atoms with Crippen LogP contribution >= 0.6 is 0 Å². The van der Waals surface area contributed by atoms with E-state index in [1.54, 1.807) is 0 Å². The molecule has 0 unspecified atom stereocenters. The predicted octanol–water partition coefficient (Wildman–Crippen LogP) is 3.06. The van der Waals surface area contributed by atoms with E-state index in [9.17, 15) is 13.2 Å². The fourth-order valence-electron chi connectivity index (χ4n) is 3.05. The van der Waals surface area contributed by atoms with Gasteiger partial charge in [0, 0.05) is 32.2 Å². The van der Waals surface area contributed by atoms with Gasteiger partial charge in [0.05, 0.1) is 5.56 Å². The van der Waals surface area contributed by atoms with Gasteiger partial charge in [-0.25, -0.2) is 0 Å². The summed E-state index contributed by atoms with van der Waals surface area (Å²) in [5.41, 5.74) is 0.292. The fourth-order valence-corrected chi connectivity index (χ4v) is 3.05. The molecule has 1 aromatic carbocycles. The standard InChI is InChI=1S/C15H19F3N2/c16-15(17,18)13-3-1-2-12(10-13)14(11-4-5-11)20-8-6-19-7-9-20/h1-3,10-11,14,19H,4-9H2/t14-/m0/s1. The number of hydrogen-bond donors (Lipinski definition) is 1. The Morgan fingerprint density at radius 2 is 1.85 bits per heavy atom. The Morgan fingerprint density at radius 3 is 2.45 bits per heavy atom. The second kappa shape index (κ2) is 5.37. The number of nitrogens with zero attached hydrogens (tertiary/aromatic N) is 1. The molecule has 20 heavy (non-hydrogen) atoms. The van der Waals surface area contributed by atoms with E-state index >= 15 is 0 Å². The molecule has 0 radical (unpaired) electrons. The summed E-state index contributed by atoms with van der Waals surface area (Å²) in [5, 5.41) is 3.29. The van der Waals surface area contributed by atoms with Crippen LogP contribution in [0, 0.1) is 5.92 Å². The highest BCUT2D eigenvalue weighted by Gasteiger charge is 2.38. The molecule has 5 heteroatoms. The van der Waals surface area contributed by atoms with Crippen LogP contribution in [0.4, 0.5) is 13.2 Å². The molecule has 1 N–H and O–H groups in total. The molecule has 1 saturated carbocycles. The maximum Gasteiger partial charge on any atom is 0.416 e. The Kier molecular flexibility index (Phi) is 3.73. The van der Waals surface area contributed by atoms with E-state index in [1.165, 1.54) is 12.1 Å². The summed E-state index contributed by atoms with van der Waals surface area (Å²) in [4.78, 5) is 2.34. The van der Waals surface area contributed by atoms with E-state index in [0.717, 1.165) is 50.7 Å². The third kappa shape index (κ3) is 2.99. The van der Waals surface area contributed by atoms with E-state index < -0.39 is 11.7 Å². The molecule has 1 aliphatic heterocycles. The third-order valence-corrected chi connectivity index (χ3v) is 4.17. The Balaban J connectivity index is 1.87. The van der Waals surface area contributed by atoms with Crippen molar-refractivity contribution < 1.29 is 13.2 Å². The average Bonchev–Trinajstić information content (AvgIpc) is 3.24. The van der Waals surface area contributed by atoms with Crippen molar-refractivity contribution >= 4 is 0 Å². The van der Waals surface area contributed by atoms with Gasteiger partial charge in [0.1, 0.15) is 0 Å². The molecule has 3 rings (SSSR count). The van der Waals surface area contributed by atoms with E-state index in [1.807, 2.05) is 6.07 Å². The summed E-state index contributed by atoms with van der Waals surface area (Å²) >= 11 is 0. The minimum absolute atomic E-state index is 0.152. The normalized spacial score (nSPS) is 22.8. The van der Waals surface area contributed by atoms with Crippen molar-refractivity contribution in [2.45, 2.75) is 25.1 Å². The van der Waals surface area contributed by atoms with Gasteiger partial charge in [-0.3, -0.25) is 4.90 Å². The molecule has 0 bridgehead atoms. The molecular weight excluding hydrogens is 265 g/mol. The number of halogens is 3. The molecule has 0 amide bonds. The summed E-state index contributed by atoms with van der Waals surface area (Å²) in [7, 11) is 0. The molecule has 0 spiro atoms. The fraction of sp³-hybridized carbons (Fsp3) is 0.600. The summed E-state index contributed by atoms with van der Waals surface area (Å²) in [5.74, 6) is 0.525. The topological polar surface area (TPSA) is 15.3 Å². The van der Waals surface area contributed by atoms with Crippen LogP contribution in [0.5, 0.6) is 0 Å². The van der Waals surface area contributed by atoms with Crippen LogP contribution in [0.1, 0.15) is 30.0 Å². The van der Waals surface area contributed by atoms with E-state index in [0.29, 0.717) is 5.92 Å². The zero-order chi connectivity index (χ0) is 14.2. The maximum atomic E-state index is 12.9. The van der Waals surface area contributed by atoms with Crippen molar-refractivity contribution in [2.24, 2.45) is 5.92 Å². The molecule has 2 nitrogen and oxygen atoms in total. The molecule has 1 aliphatic carbocycles. The van der Waals surface area contributed by atoms with Crippen LogP contribution in [-0.4, -0.2) is 31.1 Å². The van der Waals surface area contributed by atoms with Crippen molar-refractivity contribution in [1.82, 2.24) is 10.2 Å². The second-order valence-corrected chi connectivity index (χ2v) is 5.69. The summed E-state index contributed by atoms with van der Waals surface area (Å²) in [6.45, 7) is 3.67. The molecule has 1 saturated heterocycles. The van der Waals surface area contributed by atoms with Crippen molar-refractivity contribution in [2.75, 3.05) is 26.2 Å². The SMILES string of the molecule is FC(F)(F)c1cccc([C@H](C2CC2)N2CCNCC2)c1. The van der Waals surface area contributed by atoms with Gasteiger partial charge >= 0.3 is 6.18 Å². The Hall–Kier alpha value is -1.07. The zero-order valence-electron chi connectivity index (χ0n) is 11.3. The number of hydrogen-bond acceptors (Lipinski definition) is 2. The first-order chi connectivity index (χ1) is 9.55. The molecule has 1 aromatic rings. The lowest BCUT2D eigenvalue weighted by atomic mass is 9.97. The molecule has 2 fully saturated rings. The van der Waals surface area contributed by atoms with Crippen LogP contribution in [0.15, 0.2) is 24.3 Å². The lowest BCUT2D eigenvalue weighted by Crippen LogP contribution is -2.45. The van der Waals surface area contributed by atoms with Crippen molar-refractivity contribution in [1.29, 1.82) is 0 Å². The summed E-state index contributed by atoms with van der Waals surface area (Å²) < 4.78 is 38.6. The highest BCUT2D eigenvalue weighted by atomic mass is 19.4. The first kappa shape index (κ1) is 13.9. The van der Waals surface area contributed by atoms with Crippen LogP contribution < -0.4 is 5.32 Å². The quantitative estimate of drug-likeness (QED) is 0.917. The van der Waals surface area contributed by atoms with Gasteiger partial charge in [-0.05, 0) is 36.5 Å². The third-order valence-electron chi connectivity index (χ3n) is 4.17. The average molecular weight is 284 g/mol. The van der Waals surface area contributed by atoms with Crippen molar-refractivity contribution in [3.63, 3.8) is 0 Å². The van der Waals surface area contributed by atoms with Crippen LogP contribution in [0.2, 0.25) is 0 Å². The minimum Gasteiger partial charge on any atom is -0.314 e. The number of rotatable bonds is 3. The molecule has 2 aliphatic rings. The zero-order valence-corrected chi connectivity index (χ0v) is 11.3. The van der Waals surface area contributed by atoms with Crippen LogP contribution in [0.3, 0.4) is 0 Å². The lowest BCUT2D eigenvalue weighted by Gasteiger charge is -2.35. The monoisotopic (exact) mass is 284 g/mol. The van der Waals surface area contributed by atoms with Gasteiger partial charge < -0.3 is 5.32 Å². The van der Waals surface area contributed by atoms with Crippen molar-refractivity contribution in [3.05, 3.63) is 35.4 Å². The lowest BCUT2D eigenvalue weighted by molar-refractivity contribution is -0.137. The number of piperazine rings is 1. The number of nitrogens with one attached hydrogen (secondary N) is 1. The summed E-state index contributed by atoms with van der Waals surface area (Å²) in [6, 6.07) is 6.03. The molecule has 110 valence electrons. The number of benzene rings is 1. The molecule has 1 heterocycles. The largest absolute Gasteiger partial charge is 0.416 e. The first-order valence-electron chi connectivity index (χ1n) is 7.17. The van der Waals surface area contributed by atoms with Gasteiger partial charge in [0.2, 0.25) is 0 Å². The molecule has 0 aromatic heterocycles. The summed E-state index contributed by atoms with van der Waals surface area (Å²) in [6.07, 6.45) is -2.00. The Labute approximate surface area is 117 Å². The Morgan fingerprint density at radius 1 is 1.15 bits per heavy atom. The molecule has 1 atom stereocenters. The van der Waals surface area contributed by atoms with Crippen LogP contribution in [0.25, 0.3) is 0 Å². The predicted molar refractivity (Wildman–Crippen MR) is 71.4 cm³/mol. The highest BCUT2D eigenvalue weighted by molar-refractivity contribution is 5.29. The van der Waals surface area contributed by atoms with Gasteiger partial charge in [-0.1, -0.05) is 12.1 Å². The Bertz CT molecular complexity index is 462. The van der Waals surface area contributed by atoms with Crippen LogP contribution in [-0.2, 0) is 6.18 Å². The van der Waals surface area contributed by atoms with Gasteiger partial charge in [0.25, 0.3) is 0 Å². The first-order valence-corrected chi connectivity index (χ1v) is 7.17. The highest BCUT2D eigenvalue weighted by Crippen LogP contribution is 2.45. The second-order valence-electron chi connectivity index (χ2n) is 5.69. The van der Waals surface area contributed by atoms with Gasteiger partial charge in [0.15, 0.2) is 0 Å². The molecular formula is C15H19F3N2. The minimum atomic E-state index is -4.26. The number of alkyl halides is 3. The maximum absolute atomic E-state index is 12.9. The van der Waals surface area contributed by atoms with E-state index in [2.05, 4.69) is 10.2 Å². The van der Waals surface area contributed by atoms with E-state index in [4.69, 9.17) is 0 Å².